The summed E-state index contributed by atoms with van der Waals surface area (Å²) in [6, 6.07) is 0. The van der Waals surface area contributed by atoms with Crippen LogP contribution in [0.2, 0.25) is 0 Å². The number of fused-ring (bicyclic) bond motifs is 1. The van der Waals surface area contributed by atoms with Crippen molar-refractivity contribution in [2.75, 3.05) is 14.2 Å². The fraction of sp³-hybridized carbons (Fsp3) is 0.176. The van der Waals surface area contributed by atoms with Crippen molar-refractivity contribution in [1.82, 2.24) is 0 Å². The van der Waals surface area contributed by atoms with Gasteiger partial charge in [0.05, 0.1) is 25.4 Å². The number of ether oxygens (including phenoxy) is 2. The van der Waals surface area contributed by atoms with Crippen molar-refractivity contribution in [2.24, 2.45) is 0 Å². The highest BCUT2D eigenvalue weighted by Crippen LogP contribution is 2.30. The molecule has 4 heteroatoms. The molecule has 2 rings (SSSR count). The first-order valence-electron chi connectivity index (χ1n) is 6.45. The number of carbonyl (C=O) groups is 2. The Morgan fingerprint density at radius 1 is 0.905 bits per heavy atom. The molecule has 0 unspecified atom stereocenters. The second kappa shape index (κ2) is 6.22. The zero-order chi connectivity index (χ0) is 15.4. The molecule has 0 amide bonds. The van der Waals surface area contributed by atoms with Crippen LogP contribution in [-0.2, 0) is 19.1 Å². The summed E-state index contributed by atoms with van der Waals surface area (Å²) in [5.41, 5.74) is 3.04. The zero-order valence-electron chi connectivity index (χ0n) is 12.2. The van der Waals surface area contributed by atoms with Crippen molar-refractivity contribution in [1.29, 1.82) is 0 Å². The summed E-state index contributed by atoms with van der Waals surface area (Å²) in [6.45, 7) is 1.88. The number of hydrogen-bond donors (Lipinski definition) is 0. The second-order valence-corrected chi connectivity index (χ2v) is 4.56. The lowest BCUT2D eigenvalue weighted by Crippen LogP contribution is -2.15. The average Bonchev–Trinajstić information content (AvgIpc) is 2.80. The van der Waals surface area contributed by atoms with Gasteiger partial charge in [-0.25, -0.2) is 9.59 Å². The minimum atomic E-state index is -0.571. The van der Waals surface area contributed by atoms with Gasteiger partial charge in [-0.2, -0.15) is 0 Å². The Bertz CT molecular complexity index is 667. The van der Waals surface area contributed by atoms with Crippen molar-refractivity contribution in [2.45, 2.75) is 6.92 Å². The van der Waals surface area contributed by atoms with E-state index in [0.717, 1.165) is 16.7 Å². The largest absolute Gasteiger partial charge is 0.465 e. The average molecular weight is 284 g/mol. The molecule has 0 saturated carbocycles. The van der Waals surface area contributed by atoms with E-state index in [1.54, 1.807) is 12.2 Å². The molecule has 0 heterocycles. The monoisotopic (exact) mass is 284 g/mol. The van der Waals surface area contributed by atoms with Crippen LogP contribution in [-0.4, -0.2) is 26.2 Å². The van der Waals surface area contributed by atoms with Gasteiger partial charge in [0.25, 0.3) is 0 Å². The maximum absolute atomic E-state index is 12.0. The predicted molar refractivity (Wildman–Crippen MR) is 79.3 cm³/mol. The minimum absolute atomic E-state index is 0.189. The summed E-state index contributed by atoms with van der Waals surface area (Å²) in [4.78, 5) is 24.0. The third kappa shape index (κ3) is 2.94. The Balaban J connectivity index is 2.67. The minimum Gasteiger partial charge on any atom is -0.465 e. The lowest BCUT2D eigenvalue weighted by Gasteiger charge is -2.07. The van der Waals surface area contributed by atoms with Gasteiger partial charge in [-0.05, 0) is 35.8 Å². The second-order valence-electron chi connectivity index (χ2n) is 4.56. The number of allylic oxidation sites excluding steroid dienone is 10. The first-order chi connectivity index (χ1) is 10.1. The summed E-state index contributed by atoms with van der Waals surface area (Å²) in [7, 11) is 2.57. The Labute approximate surface area is 123 Å². The topological polar surface area (TPSA) is 52.6 Å². The van der Waals surface area contributed by atoms with Crippen molar-refractivity contribution in [3.63, 3.8) is 0 Å². The molecule has 4 nitrogen and oxygen atoms in total. The van der Waals surface area contributed by atoms with Gasteiger partial charge in [-0.1, -0.05) is 30.4 Å². The van der Waals surface area contributed by atoms with E-state index >= 15 is 0 Å². The third-order valence-corrected chi connectivity index (χ3v) is 3.26. The van der Waals surface area contributed by atoms with Crippen molar-refractivity contribution >= 4 is 11.9 Å². The lowest BCUT2D eigenvalue weighted by atomic mass is 10.0. The molecule has 0 fully saturated rings. The number of methoxy groups -OCH3 is 2. The van der Waals surface area contributed by atoms with Gasteiger partial charge in [0, 0.05) is 0 Å². The normalized spacial score (nSPS) is 17.0. The molecular formula is C17H16O4. The molecule has 0 radical (unpaired) electrons. The molecule has 2 aliphatic carbocycles. The highest BCUT2D eigenvalue weighted by atomic mass is 16.5. The van der Waals surface area contributed by atoms with E-state index < -0.39 is 11.9 Å². The van der Waals surface area contributed by atoms with Crippen LogP contribution in [0.1, 0.15) is 6.92 Å². The van der Waals surface area contributed by atoms with Crippen LogP contribution in [0, 0.1) is 0 Å². The molecule has 2 aliphatic rings. The molecule has 108 valence electrons. The van der Waals surface area contributed by atoms with Gasteiger partial charge < -0.3 is 9.47 Å². The van der Waals surface area contributed by atoms with E-state index in [-0.39, 0.29) is 11.1 Å². The van der Waals surface area contributed by atoms with Crippen LogP contribution < -0.4 is 0 Å². The number of rotatable bonds is 2. The molecule has 21 heavy (non-hydrogen) atoms. The van der Waals surface area contributed by atoms with Crippen molar-refractivity contribution < 1.29 is 19.1 Å². The van der Waals surface area contributed by atoms with E-state index in [2.05, 4.69) is 0 Å². The molecule has 0 N–H and O–H groups in total. The quantitative estimate of drug-likeness (QED) is 0.731. The van der Waals surface area contributed by atoms with Crippen LogP contribution >= 0.6 is 0 Å². The summed E-state index contributed by atoms with van der Waals surface area (Å²) in [5, 5.41) is 0. The SMILES string of the molecule is COC(=O)C1=CC2=CC=CC=CC2=C(C)C=C1C(=O)OC. The first-order valence-corrected chi connectivity index (χ1v) is 6.45. The fourth-order valence-electron chi connectivity index (χ4n) is 2.21. The van der Waals surface area contributed by atoms with Gasteiger partial charge in [0.15, 0.2) is 0 Å². The van der Waals surface area contributed by atoms with E-state index in [4.69, 9.17) is 9.47 Å². The maximum atomic E-state index is 12.0. The summed E-state index contributed by atoms with van der Waals surface area (Å²) in [5.74, 6) is -1.14. The fourth-order valence-corrected chi connectivity index (χ4v) is 2.21. The molecular weight excluding hydrogens is 268 g/mol. The molecule has 0 atom stereocenters. The Hall–Kier alpha value is -2.62. The van der Waals surface area contributed by atoms with Crippen LogP contribution in [0.5, 0.6) is 0 Å². The molecule has 0 saturated heterocycles. The lowest BCUT2D eigenvalue weighted by molar-refractivity contribution is -0.139. The molecule has 0 aromatic carbocycles. The highest BCUT2D eigenvalue weighted by Gasteiger charge is 2.25. The Kier molecular flexibility index (Phi) is 4.38. The molecule has 0 aliphatic heterocycles. The zero-order valence-corrected chi connectivity index (χ0v) is 12.2. The highest BCUT2D eigenvalue weighted by molar-refractivity contribution is 6.08. The van der Waals surface area contributed by atoms with E-state index in [1.807, 2.05) is 37.3 Å². The third-order valence-electron chi connectivity index (χ3n) is 3.26. The van der Waals surface area contributed by atoms with Crippen LogP contribution in [0.4, 0.5) is 0 Å². The Morgan fingerprint density at radius 2 is 1.52 bits per heavy atom. The van der Waals surface area contributed by atoms with Crippen molar-refractivity contribution in [3.8, 4) is 0 Å². The number of hydrogen-bond acceptors (Lipinski definition) is 4. The maximum Gasteiger partial charge on any atom is 0.338 e. The van der Waals surface area contributed by atoms with Gasteiger partial charge in [-0.3, -0.25) is 0 Å². The molecule has 0 bridgehead atoms. The van der Waals surface area contributed by atoms with Gasteiger partial charge >= 0.3 is 11.9 Å². The summed E-state index contributed by atoms with van der Waals surface area (Å²) >= 11 is 0. The van der Waals surface area contributed by atoms with Gasteiger partial charge in [0.2, 0.25) is 0 Å². The standard InChI is InChI=1S/C17H16O4/c1-11-9-14(16(18)20-2)15(17(19)21-3)10-12-7-5-4-6-8-13(11)12/h4-10H,1-3H3. The Morgan fingerprint density at radius 3 is 2.14 bits per heavy atom. The molecule has 0 spiro atoms. The smallest absolute Gasteiger partial charge is 0.338 e. The predicted octanol–water partition coefficient (Wildman–Crippen LogP) is 2.57. The van der Waals surface area contributed by atoms with Crippen LogP contribution in [0.3, 0.4) is 0 Å². The van der Waals surface area contributed by atoms with Gasteiger partial charge in [-0.15, -0.1) is 0 Å². The number of esters is 2. The van der Waals surface area contributed by atoms with Crippen molar-refractivity contribution in [3.05, 3.63) is 70.4 Å². The number of carbonyl (C=O) groups excluding carboxylic acids is 2. The van der Waals surface area contributed by atoms with E-state index in [1.165, 1.54) is 14.2 Å². The first kappa shape index (κ1) is 14.8. The van der Waals surface area contributed by atoms with Gasteiger partial charge in [0.1, 0.15) is 0 Å². The van der Waals surface area contributed by atoms with E-state index in [9.17, 15) is 9.59 Å². The molecule has 0 aromatic heterocycles. The summed E-state index contributed by atoms with van der Waals surface area (Å²) in [6.07, 6.45) is 12.8. The molecule has 0 aromatic rings. The van der Waals surface area contributed by atoms with E-state index in [0.29, 0.717) is 0 Å². The van der Waals surface area contributed by atoms with Crippen LogP contribution in [0.25, 0.3) is 0 Å². The van der Waals surface area contributed by atoms with Crippen LogP contribution in [0.15, 0.2) is 70.4 Å². The summed E-state index contributed by atoms with van der Waals surface area (Å²) < 4.78 is 9.55.